The van der Waals surface area contributed by atoms with Crippen molar-refractivity contribution in [1.29, 1.82) is 0 Å². The number of carbonyl (C=O) groups is 1. The lowest BCUT2D eigenvalue weighted by Gasteiger charge is -2.20. The first-order valence-electron chi connectivity index (χ1n) is 5.41. The minimum atomic E-state index is -0.313. The fourth-order valence-corrected chi connectivity index (χ4v) is 1.45. The van der Waals surface area contributed by atoms with Crippen LogP contribution < -0.4 is 10.9 Å². The zero-order valence-corrected chi connectivity index (χ0v) is 9.78. The normalized spacial score (nSPS) is 12.5. The molecule has 1 aromatic rings. The van der Waals surface area contributed by atoms with Gasteiger partial charge in [-0.1, -0.05) is 20.8 Å². The fourth-order valence-electron chi connectivity index (χ4n) is 1.45. The van der Waals surface area contributed by atoms with Crippen LogP contribution >= 0.6 is 0 Å². The molecule has 1 aromatic heterocycles. The van der Waals surface area contributed by atoms with E-state index in [-0.39, 0.29) is 23.2 Å². The van der Waals surface area contributed by atoms with Crippen molar-refractivity contribution in [3.63, 3.8) is 0 Å². The predicted octanol–water partition coefficient (Wildman–Crippen LogP) is 0.934. The largest absolute Gasteiger partial charge is 0.348 e. The molecule has 0 fully saturated rings. The Hall–Kier alpha value is -1.65. The van der Waals surface area contributed by atoms with Crippen molar-refractivity contribution >= 4 is 5.91 Å². The van der Waals surface area contributed by atoms with Gasteiger partial charge in [-0.15, -0.1) is 0 Å². The van der Waals surface area contributed by atoms with E-state index >= 15 is 0 Å². The lowest BCUT2D eigenvalue weighted by atomic mass is 10.0. The highest BCUT2D eigenvalue weighted by atomic mass is 16.2. The van der Waals surface area contributed by atoms with Gasteiger partial charge in [0.05, 0.1) is 0 Å². The van der Waals surface area contributed by atoms with Crippen molar-refractivity contribution in [3.05, 3.63) is 28.2 Å². The Morgan fingerprint density at radius 2 is 2.19 bits per heavy atom. The first-order valence-corrected chi connectivity index (χ1v) is 5.41. The van der Waals surface area contributed by atoms with E-state index < -0.39 is 0 Å². The second kappa shape index (κ2) is 5.44. The van der Waals surface area contributed by atoms with Crippen LogP contribution in [0.25, 0.3) is 0 Å². The molecule has 0 spiro atoms. The van der Waals surface area contributed by atoms with Crippen LogP contribution in [0.3, 0.4) is 0 Å². The van der Waals surface area contributed by atoms with Gasteiger partial charge in [-0.2, -0.15) is 5.10 Å². The molecule has 1 rings (SSSR count). The second-order valence-corrected chi connectivity index (χ2v) is 4.04. The topological polar surface area (TPSA) is 74.8 Å². The molecule has 1 heterocycles. The Morgan fingerprint density at radius 3 is 2.62 bits per heavy atom. The van der Waals surface area contributed by atoms with Crippen LogP contribution in [-0.4, -0.2) is 22.1 Å². The van der Waals surface area contributed by atoms with Crippen molar-refractivity contribution in [2.45, 2.75) is 33.2 Å². The van der Waals surface area contributed by atoms with Crippen LogP contribution in [0.15, 0.2) is 16.9 Å². The number of nitrogens with one attached hydrogen (secondary N) is 2. The van der Waals surface area contributed by atoms with Crippen LogP contribution in [0.4, 0.5) is 0 Å². The van der Waals surface area contributed by atoms with Gasteiger partial charge < -0.3 is 5.32 Å². The Balaban J connectivity index is 2.71. The van der Waals surface area contributed by atoms with E-state index in [1.165, 1.54) is 12.1 Å². The highest BCUT2D eigenvalue weighted by molar-refractivity contribution is 5.92. The van der Waals surface area contributed by atoms with Crippen molar-refractivity contribution < 1.29 is 4.79 Å². The van der Waals surface area contributed by atoms with Gasteiger partial charge in [-0.3, -0.25) is 9.59 Å². The summed E-state index contributed by atoms with van der Waals surface area (Å²) in [5, 5.41) is 8.79. The summed E-state index contributed by atoms with van der Waals surface area (Å²) in [6.07, 6.45) is 0.868. The van der Waals surface area contributed by atoms with E-state index in [2.05, 4.69) is 29.4 Å². The summed E-state index contributed by atoms with van der Waals surface area (Å²) in [4.78, 5) is 22.5. The Labute approximate surface area is 94.3 Å². The number of carbonyl (C=O) groups excluding carboxylic acids is 1. The first-order chi connectivity index (χ1) is 7.54. The molecule has 2 N–H and O–H groups in total. The third kappa shape index (κ3) is 3.18. The highest BCUT2D eigenvalue weighted by Crippen LogP contribution is 2.06. The number of nitrogens with zero attached hydrogens (tertiary/aromatic N) is 1. The molecule has 0 saturated heterocycles. The zero-order valence-electron chi connectivity index (χ0n) is 9.78. The summed E-state index contributed by atoms with van der Waals surface area (Å²) in [5.74, 6) is 0.119. The smallest absolute Gasteiger partial charge is 0.271 e. The Kier molecular flexibility index (Phi) is 4.22. The maximum Gasteiger partial charge on any atom is 0.271 e. The third-order valence-corrected chi connectivity index (χ3v) is 2.47. The van der Waals surface area contributed by atoms with E-state index in [9.17, 15) is 9.59 Å². The van der Waals surface area contributed by atoms with Gasteiger partial charge in [-0.05, 0) is 18.4 Å². The zero-order chi connectivity index (χ0) is 12.1. The molecular weight excluding hydrogens is 206 g/mol. The molecule has 0 saturated carbocycles. The number of hydrogen-bond acceptors (Lipinski definition) is 3. The molecule has 88 valence electrons. The molecule has 0 aromatic carbocycles. The van der Waals surface area contributed by atoms with Crippen LogP contribution in [0, 0.1) is 5.92 Å². The van der Waals surface area contributed by atoms with Crippen molar-refractivity contribution in [1.82, 2.24) is 15.5 Å². The van der Waals surface area contributed by atoms with Gasteiger partial charge in [0, 0.05) is 12.1 Å². The predicted molar refractivity (Wildman–Crippen MR) is 61.2 cm³/mol. The van der Waals surface area contributed by atoms with Gasteiger partial charge in [0.15, 0.2) is 0 Å². The number of amides is 1. The molecule has 5 heteroatoms. The van der Waals surface area contributed by atoms with Crippen LogP contribution in [0.1, 0.15) is 37.7 Å². The molecule has 1 amide bonds. The van der Waals surface area contributed by atoms with Gasteiger partial charge in [0.1, 0.15) is 5.69 Å². The highest BCUT2D eigenvalue weighted by Gasteiger charge is 2.15. The quantitative estimate of drug-likeness (QED) is 0.797. The minimum absolute atomic E-state index is 0.126. The van der Waals surface area contributed by atoms with Crippen molar-refractivity contribution in [2.75, 3.05) is 0 Å². The third-order valence-electron chi connectivity index (χ3n) is 2.47. The van der Waals surface area contributed by atoms with Crippen LogP contribution in [0.5, 0.6) is 0 Å². The SMILES string of the molecule is CCC(NC(=O)c1ccc(=O)[nH]n1)C(C)C. The standard InChI is InChI=1S/C11H17N3O2/c1-4-8(7(2)3)12-11(16)9-5-6-10(15)14-13-9/h5-8H,4H2,1-3H3,(H,12,16)(H,14,15). The summed E-state index contributed by atoms with van der Waals surface area (Å²) in [5.41, 5.74) is -0.0776. The van der Waals surface area contributed by atoms with Crippen LogP contribution in [0.2, 0.25) is 0 Å². The van der Waals surface area contributed by atoms with Gasteiger partial charge in [0.25, 0.3) is 11.5 Å². The van der Waals surface area contributed by atoms with E-state index in [1.54, 1.807) is 0 Å². The van der Waals surface area contributed by atoms with E-state index in [1.807, 2.05) is 6.92 Å². The van der Waals surface area contributed by atoms with Crippen molar-refractivity contribution in [3.8, 4) is 0 Å². The van der Waals surface area contributed by atoms with E-state index in [0.717, 1.165) is 6.42 Å². The fraction of sp³-hybridized carbons (Fsp3) is 0.545. The number of H-pyrrole nitrogens is 1. The van der Waals surface area contributed by atoms with Gasteiger partial charge in [0.2, 0.25) is 0 Å². The van der Waals surface area contributed by atoms with Gasteiger partial charge in [-0.25, -0.2) is 5.10 Å². The van der Waals surface area contributed by atoms with E-state index in [4.69, 9.17) is 0 Å². The maximum atomic E-state index is 11.7. The summed E-state index contributed by atoms with van der Waals surface area (Å²) in [6, 6.07) is 2.83. The number of aromatic amines is 1. The molecule has 16 heavy (non-hydrogen) atoms. The summed E-state index contributed by atoms with van der Waals surface area (Å²) < 4.78 is 0. The molecule has 1 unspecified atom stereocenters. The molecule has 0 bridgehead atoms. The monoisotopic (exact) mass is 223 g/mol. The molecule has 0 aliphatic heterocycles. The summed E-state index contributed by atoms with van der Waals surface area (Å²) in [6.45, 7) is 6.12. The molecule has 0 aliphatic carbocycles. The number of rotatable bonds is 4. The minimum Gasteiger partial charge on any atom is -0.348 e. The number of hydrogen-bond donors (Lipinski definition) is 2. The Morgan fingerprint density at radius 1 is 1.50 bits per heavy atom. The summed E-state index contributed by atoms with van der Waals surface area (Å²) >= 11 is 0. The molecular formula is C11H17N3O2. The maximum absolute atomic E-state index is 11.7. The van der Waals surface area contributed by atoms with Crippen LogP contribution in [-0.2, 0) is 0 Å². The lowest BCUT2D eigenvalue weighted by Crippen LogP contribution is -2.38. The average Bonchev–Trinajstić information content (AvgIpc) is 2.26. The second-order valence-electron chi connectivity index (χ2n) is 4.04. The average molecular weight is 223 g/mol. The van der Waals surface area contributed by atoms with E-state index in [0.29, 0.717) is 5.92 Å². The van der Waals surface area contributed by atoms with Crippen molar-refractivity contribution in [2.24, 2.45) is 5.92 Å². The molecule has 1 atom stereocenters. The van der Waals surface area contributed by atoms with Gasteiger partial charge >= 0.3 is 0 Å². The number of aromatic nitrogens is 2. The lowest BCUT2D eigenvalue weighted by molar-refractivity contribution is 0.0918. The summed E-state index contributed by atoms with van der Waals surface area (Å²) in [7, 11) is 0. The Bertz CT molecular complexity index is 391. The first kappa shape index (κ1) is 12.4. The molecule has 5 nitrogen and oxygen atoms in total. The molecule has 0 aliphatic rings. The molecule has 0 radical (unpaired) electrons.